The van der Waals surface area contributed by atoms with Gasteiger partial charge < -0.3 is 9.80 Å². The van der Waals surface area contributed by atoms with Gasteiger partial charge in [0.1, 0.15) is 0 Å². The molecule has 98 valence electrons. The van der Waals surface area contributed by atoms with Crippen molar-refractivity contribution in [2.45, 2.75) is 45.2 Å². The third kappa shape index (κ3) is 2.73. The van der Waals surface area contributed by atoms with E-state index < -0.39 is 0 Å². The van der Waals surface area contributed by atoms with E-state index in [1.165, 1.54) is 25.7 Å². The van der Waals surface area contributed by atoms with Crippen LogP contribution >= 0.6 is 0 Å². The summed E-state index contributed by atoms with van der Waals surface area (Å²) < 4.78 is 0. The Kier molecular flexibility index (Phi) is 4.26. The molecule has 0 spiro atoms. The molecule has 2 fully saturated rings. The van der Waals surface area contributed by atoms with Crippen LogP contribution in [0.15, 0.2) is 0 Å². The maximum absolute atomic E-state index is 12.4. The highest BCUT2D eigenvalue weighted by atomic mass is 16.2. The van der Waals surface area contributed by atoms with E-state index in [9.17, 15) is 4.79 Å². The molecule has 0 aromatic carbocycles. The molecule has 0 aliphatic carbocycles. The van der Waals surface area contributed by atoms with Gasteiger partial charge in [0.2, 0.25) is 0 Å². The summed E-state index contributed by atoms with van der Waals surface area (Å²) in [4.78, 5) is 18.8. The summed E-state index contributed by atoms with van der Waals surface area (Å²) in [7, 11) is 1.97. The van der Waals surface area contributed by atoms with E-state index in [4.69, 9.17) is 0 Å². The van der Waals surface area contributed by atoms with Gasteiger partial charge in [-0.05, 0) is 38.6 Å². The number of amides is 2. The largest absolute Gasteiger partial charge is 0.325 e. The predicted octanol–water partition coefficient (Wildman–Crippen LogP) is 1.97. The molecular formula is C13H25N3O. The quantitative estimate of drug-likeness (QED) is 0.736. The van der Waals surface area contributed by atoms with Gasteiger partial charge in [0.05, 0.1) is 6.17 Å². The Balaban J connectivity index is 1.93. The molecule has 2 rings (SSSR count). The number of carbonyl (C=O) groups excluding carboxylic acids is 1. The molecule has 2 heterocycles. The lowest BCUT2D eigenvalue weighted by Gasteiger charge is -2.37. The maximum atomic E-state index is 12.4. The smallest absolute Gasteiger partial charge is 0.321 e. The molecule has 0 saturated carbocycles. The number of hydrogen-bond donors (Lipinski definition) is 0. The summed E-state index contributed by atoms with van der Waals surface area (Å²) in [5.41, 5.74) is 0. The van der Waals surface area contributed by atoms with Crippen molar-refractivity contribution in [1.82, 2.24) is 14.7 Å². The predicted molar refractivity (Wildman–Crippen MR) is 68.9 cm³/mol. The Morgan fingerprint density at radius 3 is 2.53 bits per heavy atom. The molecule has 1 atom stereocenters. The summed E-state index contributed by atoms with van der Waals surface area (Å²) in [6.07, 6.45) is 6.29. The standard InChI is InChI=1S/C13H25N3O/c1-3-15-11-7-8-12(15)14(2)13(17)16-9-5-4-6-10-16/h12H,3-11H2,1-2H3/t12-/m1/s1. The Bertz CT molecular complexity index is 263. The van der Waals surface area contributed by atoms with Crippen molar-refractivity contribution in [3.8, 4) is 0 Å². The molecule has 2 aliphatic heterocycles. The zero-order chi connectivity index (χ0) is 12.3. The molecule has 0 unspecified atom stereocenters. The van der Waals surface area contributed by atoms with Crippen LogP contribution in [-0.4, -0.2) is 60.1 Å². The van der Waals surface area contributed by atoms with Crippen LogP contribution in [0.4, 0.5) is 4.79 Å². The minimum Gasteiger partial charge on any atom is -0.325 e. The second-order valence-electron chi connectivity index (χ2n) is 5.19. The Labute approximate surface area is 105 Å². The van der Waals surface area contributed by atoms with Crippen LogP contribution in [0.1, 0.15) is 39.0 Å². The molecule has 0 aromatic rings. The zero-order valence-corrected chi connectivity index (χ0v) is 11.2. The Morgan fingerprint density at radius 2 is 1.88 bits per heavy atom. The van der Waals surface area contributed by atoms with E-state index in [1.807, 2.05) is 16.8 Å². The summed E-state index contributed by atoms with van der Waals surface area (Å²) in [5.74, 6) is 0. The van der Waals surface area contributed by atoms with Crippen molar-refractivity contribution in [2.75, 3.05) is 33.2 Å². The van der Waals surface area contributed by atoms with Crippen molar-refractivity contribution in [1.29, 1.82) is 0 Å². The molecule has 2 saturated heterocycles. The van der Waals surface area contributed by atoms with Crippen molar-refractivity contribution in [2.24, 2.45) is 0 Å². The van der Waals surface area contributed by atoms with E-state index in [0.717, 1.165) is 32.6 Å². The lowest BCUT2D eigenvalue weighted by atomic mass is 10.1. The number of likely N-dealkylation sites (tertiary alicyclic amines) is 2. The van der Waals surface area contributed by atoms with Crippen LogP contribution in [0.2, 0.25) is 0 Å². The summed E-state index contributed by atoms with van der Waals surface area (Å²) in [6, 6.07) is 0.232. The van der Waals surface area contributed by atoms with Gasteiger partial charge in [0.15, 0.2) is 0 Å². The number of urea groups is 1. The molecule has 2 aliphatic rings. The first-order valence-corrected chi connectivity index (χ1v) is 7.00. The van der Waals surface area contributed by atoms with E-state index in [-0.39, 0.29) is 6.03 Å². The zero-order valence-electron chi connectivity index (χ0n) is 11.2. The average Bonchev–Trinajstić information content (AvgIpc) is 2.86. The SMILES string of the molecule is CCN1CCC[C@@H]1N(C)C(=O)N1CCCCC1. The summed E-state index contributed by atoms with van der Waals surface area (Å²) >= 11 is 0. The van der Waals surface area contributed by atoms with Gasteiger partial charge in [-0.3, -0.25) is 4.90 Å². The summed E-state index contributed by atoms with van der Waals surface area (Å²) in [5, 5.41) is 0. The summed E-state index contributed by atoms with van der Waals surface area (Å²) in [6.45, 7) is 6.25. The van der Waals surface area contributed by atoms with Crippen molar-refractivity contribution in [3.05, 3.63) is 0 Å². The Hall–Kier alpha value is -0.770. The maximum Gasteiger partial charge on any atom is 0.321 e. The molecule has 0 N–H and O–H groups in total. The molecular weight excluding hydrogens is 214 g/mol. The van der Waals surface area contributed by atoms with Crippen molar-refractivity contribution >= 4 is 6.03 Å². The van der Waals surface area contributed by atoms with Crippen LogP contribution in [0.5, 0.6) is 0 Å². The van der Waals surface area contributed by atoms with Gasteiger partial charge in [-0.15, -0.1) is 0 Å². The number of carbonyl (C=O) groups is 1. The average molecular weight is 239 g/mol. The number of rotatable bonds is 2. The third-order valence-electron chi connectivity index (χ3n) is 4.11. The Morgan fingerprint density at radius 1 is 1.18 bits per heavy atom. The molecule has 0 radical (unpaired) electrons. The second kappa shape index (κ2) is 5.71. The first kappa shape index (κ1) is 12.7. The number of hydrogen-bond acceptors (Lipinski definition) is 2. The van der Waals surface area contributed by atoms with Crippen LogP contribution in [-0.2, 0) is 0 Å². The minimum absolute atomic E-state index is 0.232. The van der Waals surface area contributed by atoms with Crippen molar-refractivity contribution < 1.29 is 4.79 Å². The molecule has 0 bridgehead atoms. The van der Waals surface area contributed by atoms with Gasteiger partial charge in [-0.2, -0.15) is 0 Å². The van der Waals surface area contributed by atoms with Gasteiger partial charge >= 0.3 is 6.03 Å². The van der Waals surface area contributed by atoms with Gasteiger partial charge in [0.25, 0.3) is 0 Å². The van der Waals surface area contributed by atoms with Gasteiger partial charge in [-0.1, -0.05) is 6.92 Å². The monoisotopic (exact) mass is 239 g/mol. The van der Waals surface area contributed by atoms with Crippen LogP contribution < -0.4 is 0 Å². The number of nitrogens with zero attached hydrogens (tertiary/aromatic N) is 3. The fraction of sp³-hybridized carbons (Fsp3) is 0.923. The van der Waals surface area contributed by atoms with Gasteiger partial charge in [-0.25, -0.2) is 4.79 Å². The van der Waals surface area contributed by atoms with Crippen LogP contribution in [0, 0.1) is 0 Å². The second-order valence-corrected chi connectivity index (χ2v) is 5.19. The first-order chi connectivity index (χ1) is 8.24. The first-order valence-electron chi connectivity index (χ1n) is 7.00. The van der Waals surface area contributed by atoms with Crippen LogP contribution in [0.3, 0.4) is 0 Å². The lowest BCUT2D eigenvalue weighted by molar-refractivity contribution is 0.0890. The topological polar surface area (TPSA) is 26.8 Å². The number of piperidine rings is 1. The molecule has 4 heteroatoms. The highest BCUT2D eigenvalue weighted by Crippen LogP contribution is 2.21. The van der Waals surface area contributed by atoms with E-state index in [2.05, 4.69) is 11.8 Å². The van der Waals surface area contributed by atoms with Gasteiger partial charge in [0, 0.05) is 26.7 Å². The normalized spacial score (nSPS) is 26.2. The molecule has 4 nitrogen and oxygen atoms in total. The highest BCUT2D eigenvalue weighted by Gasteiger charge is 2.31. The lowest BCUT2D eigenvalue weighted by Crippen LogP contribution is -2.51. The fourth-order valence-corrected chi connectivity index (χ4v) is 3.05. The fourth-order valence-electron chi connectivity index (χ4n) is 3.05. The minimum atomic E-state index is 0.232. The molecule has 17 heavy (non-hydrogen) atoms. The van der Waals surface area contributed by atoms with Crippen molar-refractivity contribution in [3.63, 3.8) is 0 Å². The van der Waals surface area contributed by atoms with E-state index >= 15 is 0 Å². The molecule has 0 aromatic heterocycles. The van der Waals surface area contributed by atoms with E-state index in [1.54, 1.807) is 0 Å². The highest BCUT2D eigenvalue weighted by molar-refractivity contribution is 5.74. The van der Waals surface area contributed by atoms with E-state index in [0.29, 0.717) is 6.17 Å². The third-order valence-corrected chi connectivity index (χ3v) is 4.11. The molecule has 2 amide bonds. The van der Waals surface area contributed by atoms with Crippen LogP contribution in [0.25, 0.3) is 0 Å².